The Morgan fingerprint density at radius 3 is 2.74 bits per heavy atom. The summed E-state index contributed by atoms with van der Waals surface area (Å²) in [5.41, 5.74) is 0.344. The van der Waals surface area contributed by atoms with Crippen molar-refractivity contribution in [1.29, 1.82) is 0 Å². The van der Waals surface area contributed by atoms with Crippen molar-refractivity contribution in [1.82, 2.24) is 15.5 Å². The maximum atomic E-state index is 12.8. The lowest BCUT2D eigenvalue weighted by Crippen LogP contribution is -2.43. The minimum atomic E-state index is -0.407. The van der Waals surface area contributed by atoms with Crippen LogP contribution in [0.15, 0.2) is 24.3 Å². The number of amides is 3. The van der Waals surface area contributed by atoms with Gasteiger partial charge in [-0.1, -0.05) is 0 Å². The van der Waals surface area contributed by atoms with Crippen LogP contribution in [-0.2, 0) is 9.59 Å². The topological polar surface area (TPSA) is 78.5 Å². The van der Waals surface area contributed by atoms with E-state index in [2.05, 4.69) is 10.6 Å². The number of hydrogen-bond acceptors (Lipinski definition) is 3. The van der Waals surface area contributed by atoms with Crippen molar-refractivity contribution in [3.8, 4) is 0 Å². The van der Waals surface area contributed by atoms with E-state index in [-0.39, 0.29) is 43.1 Å². The molecule has 2 N–H and O–H groups in total. The van der Waals surface area contributed by atoms with E-state index in [1.54, 1.807) is 4.90 Å². The van der Waals surface area contributed by atoms with Gasteiger partial charge in [-0.15, -0.1) is 0 Å². The van der Waals surface area contributed by atoms with Crippen molar-refractivity contribution >= 4 is 17.7 Å². The maximum Gasteiger partial charge on any atom is 0.251 e. The van der Waals surface area contributed by atoms with Gasteiger partial charge in [-0.2, -0.15) is 0 Å². The third kappa shape index (κ3) is 4.77. The second-order valence-corrected chi connectivity index (χ2v) is 5.50. The zero-order valence-corrected chi connectivity index (χ0v) is 13.0. The molecular weight excluding hydrogens is 301 g/mol. The lowest BCUT2D eigenvalue weighted by atomic mass is 10.2. The summed E-state index contributed by atoms with van der Waals surface area (Å²) >= 11 is 0. The summed E-state index contributed by atoms with van der Waals surface area (Å²) in [6.07, 6.45) is 0.448. The second kappa shape index (κ2) is 7.71. The van der Waals surface area contributed by atoms with Crippen LogP contribution in [-0.4, -0.2) is 48.3 Å². The summed E-state index contributed by atoms with van der Waals surface area (Å²) in [6.45, 7) is 2.89. The van der Waals surface area contributed by atoms with Crippen molar-refractivity contribution < 1.29 is 18.8 Å². The quantitative estimate of drug-likeness (QED) is 0.856. The van der Waals surface area contributed by atoms with Gasteiger partial charge in [0.05, 0.1) is 0 Å². The Balaban J connectivity index is 1.80. The van der Waals surface area contributed by atoms with Crippen LogP contribution >= 0.6 is 0 Å². The largest absolute Gasteiger partial charge is 0.354 e. The van der Waals surface area contributed by atoms with Crippen LogP contribution in [0.25, 0.3) is 0 Å². The zero-order chi connectivity index (χ0) is 16.8. The number of rotatable bonds is 4. The summed E-state index contributed by atoms with van der Waals surface area (Å²) in [4.78, 5) is 37.1. The van der Waals surface area contributed by atoms with E-state index in [1.807, 2.05) is 6.92 Å². The molecule has 2 rings (SSSR count). The molecule has 1 saturated heterocycles. The summed E-state index contributed by atoms with van der Waals surface area (Å²) in [7, 11) is 0. The molecule has 7 heteroatoms. The van der Waals surface area contributed by atoms with Crippen molar-refractivity contribution in [2.45, 2.75) is 25.8 Å². The van der Waals surface area contributed by atoms with E-state index in [0.29, 0.717) is 18.7 Å². The third-order valence-electron chi connectivity index (χ3n) is 3.76. The second-order valence-electron chi connectivity index (χ2n) is 5.50. The van der Waals surface area contributed by atoms with Gasteiger partial charge in [0.2, 0.25) is 11.8 Å². The van der Waals surface area contributed by atoms with Gasteiger partial charge in [0.25, 0.3) is 5.91 Å². The number of halogens is 1. The highest BCUT2D eigenvalue weighted by Gasteiger charge is 2.24. The first-order valence-electron chi connectivity index (χ1n) is 7.57. The van der Waals surface area contributed by atoms with Gasteiger partial charge in [0, 0.05) is 44.1 Å². The molecule has 0 radical (unpaired) electrons. The zero-order valence-electron chi connectivity index (χ0n) is 13.0. The fourth-order valence-corrected chi connectivity index (χ4v) is 2.40. The van der Waals surface area contributed by atoms with Crippen LogP contribution in [0, 0.1) is 5.82 Å². The SMILES string of the molecule is C[C@@H]1CNC(=O)CCN1C(=O)CCNC(=O)c1ccc(F)cc1. The highest BCUT2D eigenvalue weighted by Crippen LogP contribution is 2.07. The molecule has 1 heterocycles. The minimum Gasteiger partial charge on any atom is -0.354 e. The average Bonchev–Trinajstić information content (AvgIpc) is 2.69. The van der Waals surface area contributed by atoms with E-state index in [1.165, 1.54) is 24.3 Å². The van der Waals surface area contributed by atoms with Crippen LogP contribution in [0.1, 0.15) is 30.1 Å². The van der Waals surface area contributed by atoms with E-state index in [0.717, 1.165) is 0 Å². The van der Waals surface area contributed by atoms with Gasteiger partial charge in [0.15, 0.2) is 0 Å². The first-order valence-corrected chi connectivity index (χ1v) is 7.57. The molecule has 1 fully saturated rings. The van der Waals surface area contributed by atoms with Crippen LogP contribution in [0.4, 0.5) is 4.39 Å². The molecule has 1 aliphatic heterocycles. The normalized spacial score (nSPS) is 18.1. The van der Waals surface area contributed by atoms with Crippen molar-refractivity contribution in [3.05, 3.63) is 35.6 Å². The molecule has 0 saturated carbocycles. The van der Waals surface area contributed by atoms with Crippen LogP contribution < -0.4 is 10.6 Å². The summed E-state index contributed by atoms with van der Waals surface area (Å²) in [5, 5.41) is 5.38. The van der Waals surface area contributed by atoms with Gasteiger partial charge in [0.1, 0.15) is 5.82 Å². The fourth-order valence-electron chi connectivity index (χ4n) is 2.40. The summed E-state index contributed by atoms with van der Waals surface area (Å²) < 4.78 is 12.8. The summed E-state index contributed by atoms with van der Waals surface area (Å²) in [6, 6.07) is 5.13. The molecule has 1 aromatic rings. The molecule has 3 amide bonds. The first-order chi connectivity index (χ1) is 11.0. The molecule has 0 spiro atoms. The van der Waals surface area contributed by atoms with Crippen LogP contribution in [0.5, 0.6) is 0 Å². The van der Waals surface area contributed by atoms with Crippen molar-refractivity contribution in [3.63, 3.8) is 0 Å². The molecule has 124 valence electrons. The molecule has 0 aliphatic carbocycles. The molecular formula is C16H20FN3O3. The van der Waals surface area contributed by atoms with Crippen molar-refractivity contribution in [2.75, 3.05) is 19.6 Å². The van der Waals surface area contributed by atoms with Crippen LogP contribution in [0.3, 0.4) is 0 Å². The first kappa shape index (κ1) is 16.9. The molecule has 6 nitrogen and oxygen atoms in total. The number of nitrogens with zero attached hydrogens (tertiary/aromatic N) is 1. The molecule has 0 aromatic heterocycles. The predicted octanol–water partition coefficient (Wildman–Crippen LogP) is 0.683. The Morgan fingerprint density at radius 1 is 1.35 bits per heavy atom. The monoisotopic (exact) mass is 321 g/mol. The molecule has 1 aliphatic rings. The fraction of sp³-hybridized carbons (Fsp3) is 0.438. The Morgan fingerprint density at radius 2 is 2.04 bits per heavy atom. The predicted molar refractivity (Wildman–Crippen MR) is 82.2 cm³/mol. The van der Waals surface area contributed by atoms with E-state index in [9.17, 15) is 18.8 Å². The smallest absolute Gasteiger partial charge is 0.251 e. The van der Waals surface area contributed by atoms with E-state index in [4.69, 9.17) is 0 Å². The lowest BCUT2D eigenvalue weighted by molar-refractivity contribution is -0.132. The molecule has 1 aromatic carbocycles. The maximum absolute atomic E-state index is 12.8. The van der Waals surface area contributed by atoms with Crippen molar-refractivity contribution in [2.24, 2.45) is 0 Å². The molecule has 23 heavy (non-hydrogen) atoms. The van der Waals surface area contributed by atoms with Gasteiger partial charge < -0.3 is 15.5 Å². The summed E-state index contributed by atoms with van der Waals surface area (Å²) in [5.74, 6) is -0.918. The molecule has 0 bridgehead atoms. The highest BCUT2D eigenvalue weighted by molar-refractivity contribution is 5.94. The number of hydrogen-bond donors (Lipinski definition) is 2. The van der Waals surface area contributed by atoms with E-state index >= 15 is 0 Å². The van der Waals surface area contributed by atoms with Gasteiger partial charge in [-0.25, -0.2) is 4.39 Å². The van der Waals surface area contributed by atoms with E-state index < -0.39 is 5.82 Å². The standard InChI is InChI=1S/C16H20FN3O3/c1-11-10-19-14(21)7-9-20(11)15(22)6-8-18-16(23)12-2-4-13(17)5-3-12/h2-5,11H,6-10H2,1H3,(H,18,23)(H,19,21)/t11-/m1/s1. The third-order valence-corrected chi connectivity index (χ3v) is 3.76. The lowest BCUT2D eigenvalue weighted by Gasteiger charge is -2.26. The number of carbonyl (C=O) groups excluding carboxylic acids is 3. The van der Waals surface area contributed by atoms with Gasteiger partial charge in [-0.05, 0) is 31.2 Å². The number of benzene rings is 1. The number of carbonyl (C=O) groups is 3. The minimum absolute atomic E-state index is 0.0586. The Hall–Kier alpha value is -2.44. The Labute approximate surface area is 134 Å². The Bertz CT molecular complexity index is 589. The van der Waals surface area contributed by atoms with Gasteiger partial charge >= 0.3 is 0 Å². The molecule has 0 unspecified atom stereocenters. The number of nitrogens with one attached hydrogen (secondary N) is 2. The van der Waals surface area contributed by atoms with Crippen LogP contribution in [0.2, 0.25) is 0 Å². The average molecular weight is 321 g/mol. The Kier molecular flexibility index (Phi) is 5.67. The van der Waals surface area contributed by atoms with Gasteiger partial charge in [-0.3, -0.25) is 14.4 Å². The molecule has 1 atom stereocenters. The highest BCUT2D eigenvalue weighted by atomic mass is 19.1.